The van der Waals surface area contributed by atoms with E-state index >= 15 is 0 Å². The summed E-state index contributed by atoms with van der Waals surface area (Å²) in [5.41, 5.74) is 4.60. The maximum absolute atomic E-state index is 12.8. The van der Waals surface area contributed by atoms with Crippen molar-refractivity contribution in [3.05, 3.63) is 66.2 Å². The minimum Gasteiger partial charge on any atom is -0.367 e. The monoisotopic (exact) mass is 525 g/mol. The van der Waals surface area contributed by atoms with E-state index in [1.54, 1.807) is 18.5 Å². The van der Waals surface area contributed by atoms with E-state index < -0.39 is 0 Å². The van der Waals surface area contributed by atoms with E-state index in [-0.39, 0.29) is 17.4 Å². The number of fused-ring (bicyclic) bond motifs is 1. The quantitative estimate of drug-likeness (QED) is 0.300. The molecule has 0 radical (unpaired) electrons. The van der Waals surface area contributed by atoms with Crippen molar-refractivity contribution in [3.8, 4) is 22.5 Å². The molecule has 202 valence electrons. The van der Waals surface area contributed by atoms with Gasteiger partial charge >= 0.3 is 0 Å². The van der Waals surface area contributed by atoms with Crippen LogP contribution < -0.4 is 16.0 Å². The summed E-state index contributed by atoms with van der Waals surface area (Å²) in [7, 11) is 0. The molecule has 9 nitrogen and oxygen atoms in total. The van der Waals surface area contributed by atoms with E-state index in [0.29, 0.717) is 40.2 Å². The molecule has 2 amide bonds. The third-order valence-corrected chi connectivity index (χ3v) is 6.31. The van der Waals surface area contributed by atoms with Crippen molar-refractivity contribution in [1.82, 2.24) is 30.0 Å². The molecule has 0 spiro atoms. The zero-order valence-corrected chi connectivity index (χ0v) is 23.1. The average molecular weight is 526 g/mol. The van der Waals surface area contributed by atoms with E-state index in [4.69, 9.17) is 4.98 Å². The summed E-state index contributed by atoms with van der Waals surface area (Å²) in [5.74, 6) is 0.824. The Hall–Kier alpha value is -4.27. The molecule has 1 aliphatic rings. The molecule has 39 heavy (non-hydrogen) atoms. The number of rotatable bonds is 8. The van der Waals surface area contributed by atoms with Crippen molar-refractivity contribution >= 4 is 23.3 Å². The van der Waals surface area contributed by atoms with Crippen molar-refractivity contribution in [2.24, 2.45) is 5.92 Å². The molecule has 0 bridgehead atoms. The summed E-state index contributed by atoms with van der Waals surface area (Å²) < 4.78 is 1.99. The number of amides is 2. The van der Waals surface area contributed by atoms with Gasteiger partial charge in [0.15, 0.2) is 11.5 Å². The Labute approximate surface area is 228 Å². The van der Waals surface area contributed by atoms with Crippen molar-refractivity contribution in [2.45, 2.75) is 59.0 Å². The van der Waals surface area contributed by atoms with Gasteiger partial charge in [-0.1, -0.05) is 26.0 Å². The third-order valence-electron chi connectivity index (χ3n) is 6.31. The van der Waals surface area contributed by atoms with Crippen LogP contribution in [0.1, 0.15) is 68.2 Å². The van der Waals surface area contributed by atoms with Gasteiger partial charge in [-0.25, -0.2) is 9.97 Å². The minimum atomic E-state index is -0.363. The zero-order chi connectivity index (χ0) is 27.7. The van der Waals surface area contributed by atoms with Gasteiger partial charge in [-0.15, -0.1) is 0 Å². The Morgan fingerprint density at radius 3 is 2.41 bits per heavy atom. The van der Waals surface area contributed by atoms with Gasteiger partial charge in [-0.3, -0.25) is 19.0 Å². The van der Waals surface area contributed by atoms with Gasteiger partial charge in [-0.05, 0) is 57.7 Å². The average Bonchev–Trinajstić information content (AvgIpc) is 3.61. The SMILES string of the molecule is CC(C)CNc1nc(-c2cncc(C(=O)NC(C)(C)C)c2)cn2c(-c3ccc(C(=O)NC4CC4)cc3)cnc12. The molecule has 0 atom stereocenters. The van der Waals surface area contributed by atoms with E-state index in [2.05, 4.69) is 39.8 Å². The van der Waals surface area contributed by atoms with Gasteiger partial charge in [0.05, 0.1) is 23.1 Å². The van der Waals surface area contributed by atoms with E-state index in [1.807, 2.05) is 61.8 Å². The summed E-state index contributed by atoms with van der Waals surface area (Å²) in [4.78, 5) is 39.1. The molecule has 0 saturated heterocycles. The van der Waals surface area contributed by atoms with Crippen LogP contribution in [0, 0.1) is 5.92 Å². The van der Waals surface area contributed by atoms with Crippen LogP contribution in [0.2, 0.25) is 0 Å². The van der Waals surface area contributed by atoms with Crippen molar-refractivity contribution in [3.63, 3.8) is 0 Å². The Bertz CT molecular complexity index is 1510. The van der Waals surface area contributed by atoms with E-state index in [0.717, 1.165) is 36.2 Å². The standard InChI is InChI=1S/C30H35N7O2/c1-18(2)13-32-26-27-33-16-25(19-6-8-20(9-7-19)28(38)34-23-10-11-23)37(27)17-24(35-26)21-12-22(15-31-14-21)29(39)36-30(3,4)5/h6-9,12,14-18,23H,10-11,13H2,1-5H3,(H,32,35)(H,34,38)(H,36,39). The molecule has 1 aliphatic carbocycles. The number of carbonyl (C=O) groups is 2. The van der Waals surface area contributed by atoms with Crippen LogP contribution in [0.15, 0.2) is 55.1 Å². The molecule has 0 unspecified atom stereocenters. The second-order valence-corrected chi connectivity index (χ2v) is 11.6. The largest absolute Gasteiger partial charge is 0.367 e. The summed E-state index contributed by atoms with van der Waals surface area (Å²) in [6, 6.07) is 9.67. The van der Waals surface area contributed by atoms with Crippen LogP contribution in [-0.2, 0) is 0 Å². The molecule has 1 fully saturated rings. The highest BCUT2D eigenvalue weighted by Gasteiger charge is 2.24. The lowest BCUT2D eigenvalue weighted by molar-refractivity contribution is 0.0917. The Morgan fingerprint density at radius 2 is 1.74 bits per heavy atom. The number of nitrogens with one attached hydrogen (secondary N) is 3. The fourth-order valence-corrected chi connectivity index (χ4v) is 4.17. The zero-order valence-electron chi connectivity index (χ0n) is 23.1. The minimum absolute atomic E-state index is 0.0447. The topological polar surface area (TPSA) is 113 Å². The van der Waals surface area contributed by atoms with Crippen LogP contribution in [0.4, 0.5) is 5.82 Å². The highest BCUT2D eigenvalue weighted by molar-refractivity contribution is 5.96. The fraction of sp³-hybridized carbons (Fsp3) is 0.367. The van der Waals surface area contributed by atoms with Crippen molar-refractivity contribution in [1.29, 1.82) is 0 Å². The summed E-state index contributed by atoms with van der Waals surface area (Å²) >= 11 is 0. The van der Waals surface area contributed by atoms with Gasteiger partial charge in [-0.2, -0.15) is 0 Å². The van der Waals surface area contributed by atoms with Crippen LogP contribution >= 0.6 is 0 Å². The van der Waals surface area contributed by atoms with E-state index in [1.165, 1.54) is 0 Å². The van der Waals surface area contributed by atoms with Gasteiger partial charge in [0.25, 0.3) is 11.8 Å². The summed E-state index contributed by atoms with van der Waals surface area (Å²) in [6.07, 6.45) is 9.09. The highest BCUT2D eigenvalue weighted by atomic mass is 16.2. The number of anilines is 1. The first-order valence-corrected chi connectivity index (χ1v) is 13.4. The van der Waals surface area contributed by atoms with Gasteiger partial charge in [0.2, 0.25) is 0 Å². The first-order valence-electron chi connectivity index (χ1n) is 13.4. The number of hydrogen-bond donors (Lipinski definition) is 3. The number of aromatic nitrogens is 4. The molecule has 9 heteroatoms. The molecule has 4 aromatic rings. The number of nitrogens with zero attached hydrogens (tertiary/aromatic N) is 4. The van der Waals surface area contributed by atoms with Crippen molar-refractivity contribution in [2.75, 3.05) is 11.9 Å². The van der Waals surface area contributed by atoms with Crippen LogP contribution in [0.25, 0.3) is 28.2 Å². The molecule has 1 aromatic carbocycles. The molecule has 3 heterocycles. The second kappa shape index (κ2) is 10.5. The molecular weight excluding hydrogens is 490 g/mol. The lowest BCUT2D eigenvalue weighted by Gasteiger charge is -2.20. The van der Waals surface area contributed by atoms with Crippen LogP contribution in [0.5, 0.6) is 0 Å². The molecule has 1 saturated carbocycles. The summed E-state index contributed by atoms with van der Waals surface area (Å²) in [5, 5.41) is 9.44. The predicted molar refractivity (Wildman–Crippen MR) is 153 cm³/mol. The molecular formula is C30H35N7O2. The number of pyridine rings is 1. The molecule has 0 aliphatic heterocycles. The third kappa shape index (κ3) is 6.25. The number of imidazole rings is 1. The molecule has 3 N–H and O–H groups in total. The predicted octanol–water partition coefficient (Wildman–Crippen LogP) is 4.95. The normalized spacial score (nSPS) is 13.5. The lowest BCUT2D eigenvalue weighted by Crippen LogP contribution is -2.40. The molecule has 3 aromatic heterocycles. The number of hydrogen-bond acceptors (Lipinski definition) is 6. The van der Waals surface area contributed by atoms with Gasteiger partial charge in [0, 0.05) is 53.4 Å². The number of benzene rings is 1. The Balaban J connectivity index is 1.53. The first kappa shape index (κ1) is 26.3. The second-order valence-electron chi connectivity index (χ2n) is 11.6. The van der Waals surface area contributed by atoms with Gasteiger partial charge in [0.1, 0.15) is 0 Å². The summed E-state index contributed by atoms with van der Waals surface area (Å²) in [6.45, 7) is 10.8. The Morgan fingerprint density at radius 1 is 1.00 bits per heavy atom. The fourth-order valence-electron chi connectivity index (χ4n) is 4.17. The molecule has 5 rings (SSSR count). The van der Waals surface area contributed by atoms with Gasteiger partial charge < -0.3 is 16.0 Å². The smallest absolute Gasteiger partial charge is 0.253 e. The highest BCUT2D eigenvalue weighted by Crippen LogP contribution is 2.28. The van der Waals surface area contributed by atoms with Crippen LogP contribution in [-0.4, -0.2) is 49.3 Å². The Kier molecular flexibility index (Phi) is 7.08. The lowest BCUT2D eigenvalue weighted by atomic mass is 10.1. The van der Waals surface area contributed by atoms with Crippen molar-refractivity contribution < 1.29 is 9.59 Å². The maximum Gasteiger partial charge on any atom is 0.253 e. The van der Waals surface area contributed by atoms with Crippen LogP contribution in [0.3, 0.4) is 0 Å². The first-order chi connectivity index (χ1) is 18.6. The number of carbonyl (C=O) groups excluding carboxylic acids is 2. The maximum atomic E-state index is 12.8. The van der Waals surface area contributed by atoms with E-state index in [9.17, 15) is 9.59 Å².